The van der Waals surface area contributed by atoms with Gasteiger partial charge in [0.2, 0.25) is 0 Å². The topological polar surface area (TPSA) is 96.6 Å². The van der Waals surface area contributed by atoms with E-state index in [9.17, 15) is 9.59 Å². The maximum atomic E-state index is 10.4. The molecule has 1 heterocycles. The summed E-state index contributed by atoms with van der Waals surface area (Å²) in [5.74, 6) is 0. The van der Waals surface area contributed by atoms with Crippen LogP contribution in [0.2, 0.25) is 0 Å². The van der Waals surface area contributed by atoms with E-state index in [1.165, 1.54) is 199 Å². The quantitative estimate of drug-likeness (QED) is 0.0380. The van der Waals surface area contributed by atoms with Crippen LogP contribution in [0.25, 0.3) is 0 Å². The highest BCUT2D eigenvalue weighted by Crippen LogP contribution is 2.17. The molecule has 0 amide bonds. The second kappa shape index (κ2) is 54.9. The number of unbranched alkanes of at least 4 members (excludes halogenated alkanes) is 25. The lowest BCUT2D eigenvalue weighted by molar-refractivity contribution is -0.108. The van der Waals surface area contributed by atoms with Gasteiger partial charge >= 0.3 is 0 Å². The first-order valence-corrected chi connectivity index (χ1v) is 26.9. The summed E-state index contributed by atoms with van der Waals surface area (Å²) in [6, 6.07) is 0. The highest BCUT2D eigenvalue weighted by molar-refractivity contribution is 7.97. The molecule has 0 fully saturated rings. The molecular formula is C52H104N4O4S. The molecule has 8 nitrogen and oxygen atoms in total. The number of H-pyrrole nitrogens is 1. The maximum absolute atomic E-state index is 10.4. The Balaban J connectivity index is 0. The molecule has 1 aromatic rings. The SMILES string of the molecule is CCCCCCCCC(CC)OC.CCCCCCCCC(CCCCCCCC)OC.O=CCCCCCCCN(CCCCCCCC=O)CCCNSc1ncc[nH]1. The summed E-state index contributed by atoms with van der Waals surface area (Å²) in [6.07, 6.45) is 51.1. The van der Waals surface area contributed by atoms with Gasteiger partial charge in [-0.3, -0.25) is 4.72 Å². The third-order valence-corrected chi connectivity index (χ3v) is 12.5. The van der Waals surface area contributed by atoms with Gasteiger partial charge < -0.3 is 28.9 Å². The first kappa shape index (κ1) is 61.8. The lowest BCUT2D eigenvalue weighted by atomic mass is 10.0. The number of aromatic amines is 1. The molecule has 362 valence electrons. The van der Waals surface area contributed by atoms with Gasteiger partial charge in [0.25, 0.3) is 0 Å². The van der Waals surface area contributed by atoms with E-state index in [-0.39, 0.29) is 0 Å². The summed E-state index contributed by atoms with van der Waals surface area (Å²) in [5, 5.41) is 0.908. The van der Waals surface area contributed by atoms with Crippen molar-refractivity contribution in [2.24, 2.45) is 0 Å². The number of ether oxygens (including phenoxy) is 2. The molecule has 0 bridgehead atoms. The number of hydrogen-bond acceptors (Lipinski definition) is 8. The number of aromatic nitrogens is 2. The molecule has 0 saturated carbocycles. The minimum absolute atomic E-state index is 0.506. The van der Waals surface area contributed by atoms with Crippen LogP contribution >= 0.6 is 11.9 Å². The van der Waals surface area contributed by atoms with Crippen molar-refractivity contribution < 1.29 is 19.1 Å². The lowest BCUT2D eigenvalue weighted by Crippen LogP contribution is -2.29. The molecule has 1 atom stereocenters. The molecule has 0 aliphatic carbocycles. The van der Waals surface area contributed by atoms with Crippen molar-refractivity contribution in [3.05, 3.63) is 12.4 Å². The molecule has 0 radical (unpaired) electrons. The summed E-state index contributed by atoms with van der Waals surface area (Å²) in [4.78, 5) is 30.6. The molecule has 1 rings (SSSR count). The molecule has 0 aliphatic rings. The zero-order chi connectivity index (χ0) is 45.0. The van der Waals surface area contributed by atoms with E-state index >= 15 is 0 Å². The third kappa shape index (κ3) is 49.6. The van der Waals surface area contributed by atoms with Crippen LogP contribution < -0.4 is 4.72 Å². The minimum Gasteiger partial charge on any atom is -0.381 e. The van der Waals surface area contributed by atoms with Crippen molar-refractivity contribution in [1.82, 2.24) is 19.6 Å². The van der Waals surface area contributed by atoms with E-state index < -0.39 is 0 Å². The number of aldehydes is 2. The summed E-state index contributed by atoms with van der Waals surface area (Å²) < 4.78 is 14.3. The number of imidazole rings is 1. The number of carbonyl (C=O) groups is 2. The normalized spacial score (nSPS) is 11.7. The van der Waals surface area contributed by atoms with Crippen LogP contribution in [0.15, 0.2) is 17.6 Å². The Bertz CT molecular complexity index is 899. The van der Waals surface area contributed by atoms with E-state index in [1.807, 2.05) is 20.4 Å². The molecule has 0 saturated heterocycles. The molecule has 0 aromatic carbocycles. The number of hydrogen-bond donors (Lipinski definition) is 2. The third-order valence-electron chi connectivity index (χ3n) is 11.7. The van der Waals surface area contributed by atoms with Crippen LogP contribution in [-0.2, 0) is 19.1 Å². The van der Waals surface area contributed by atoms with Crippen LogP contribution in [0.1, 0.15) is 252 Å². The smallest absolute Gasteiger partial charge is 0.180 e. The highest BCUT2D eigenvalue weighted by Gasteiger charge is 2.08. The van der Waals surface area contributed by atoms with Gasteiger partial charge in [-0.25, -0.2) is 4.98 Å². The lowest BCUT2D eigenvalue weighted by Gasteiger charge is -2.22. The summed E-state index contributed by atoms with van der Waals surface area (Å²) in [6.45, 7) is 13.5. The highest BCUT2D eigenvalue weighted by atomic mass is 32.2. The van der Waals surface area contributed by atoms with Crippen molar-refractivity contribution in [2.75, 3.05) is 40.4 Å². The molecular weight excluding hydrogens is 777 g/mol. The average molecular weight is 881 g/mol. The van der Waals surface area contributed by atoms with Gasteiger partial charge in [0.05, 0.1) is 12.2 Å². The van der Waals surface area contributed by atoms with Crippen molar-refractivity contribution in [3.63, 3.8) is 0 Å². The second-order valence-corrected chi connectivity index (χ2v) is 18.2. The fourth-order valence-electron chi connectivity index (χ4n) is 7.65. The Morgan fingerprint density at radius 1 is 0.557 bits per heavy atom. The van der Waals surface area contributed by atoms with Gasteiger partial charge in [0.15, 0.2) is 5.16 Å². The Hall–Kier alpha value is -1.26. The van der Waals surface area contributed by atoms with Gasteiger partial charge in [-0.15, -0.1) is 0 Å². The van der Waals surface area contributed by atoms with Gasteiger partial charge in [0, 0.05) is 46.0 Å². The number of methoxy groups -OCH3 is 2. The fraction of sp³-hybridized carbons (Fsp3) is 0.904. The minimum atomic E-state index is 0.506. The number of nitrogens with one attached hydrogen (secondary N) is 2. The second-order valence-electron chi connectivity index (χ2n) is 17.3. The van der Waals surface area contributed by atoms with Gasteiger partial charge in [-0.05, 0) is 89.4 Å². The molecule has 1 aromatic heterocycles. The van der Waals surface area contributed by atoms with Crippen LogP contribution in [0.3, 0.4) is 0 Å². The number of rotatable bonds is 46. The van der Waals surface area contributed by atoms with Crippen molar-refractivity contribution in [2.45, 2.75) is 270 Å². The van der Waals surface area contributed by atoms with Crippen LogP contribution in [0.5, 0.6) is 0 Å². The van der Waals surface area contributed by atoms with Crippen LogP contribution in [0.4, 0.5) is 0 Å². The zero-order valence-electron chi connectivity index (χ0n) is 41.5. The van der Waals surface area contributed by atoms with E-state index in [0.717, 1.165) is 56.5 Å². The Morgan fingerprint density at radius 2 is 0.951 bits per heavy atom. The Morgan fingerprint density at radius 3 is 1.34 bits per heavy atom. The van der Waals surface area contributed by atoms with E-state index in [2.05, 4.69) is 47.3 Å². The molecule has 0 spiro atoms. The summed E-state index contributed by atoms with van der Waals surface area (Å²) >= 11 is 1.56. The maximum Gasteiger partial charge on any atom is 0.180 e. The molecule has 2 N–H and O–H groups in total. The number of carbonyl (C=O) groups excluding carboxylic acids is 2. The van der Waals surface area contributed by atoms with Crippen molar-refractivity contribution in [3.8, 4) is 0 Å². The van der Waals surface area contributed by atoms with Gasteiger partial charge in [-0.2, -0.15) is 0 Å². The zero-order valence-corrected chi connectivity index (χ0v) is 42.3. The van der Waals surface area contributed by atoms with E-state index in [1.54, 1.807) is 18.1 Å². The first-order chi connectivity index (χ1) is 30.1. The van der Waals surface area contributed by atoms with Crippen LogP contribution in [-0.4, -0.2) is 80.0 Å². The summed E-state index contributed by atoms with van der Waals surface area (Å²) in [7, 11) is 3.71. The predicted octanol–water partition coefficient (Wildman–Crippen LogP) is 15.4. The fourth-order valence-corrected chi connectivity index (χ4v) is 8.27. The van der Waals surface area contributed by atoms with Gasteiger partial charge in [-0.1, -0.05) is 182 Å². The van der Waals surface area contributed by atoms with Crippen molar-refractivity contribution in [1.29, 1.82) is 0 Å². The average Bonchev–Trinajstić information content (AvgIpc) is 3.81. The van der Waals surface area contributed by atoms with Crippen molar-refractivity contribution >= 4 is 24.5 Å². The van der Waals surface area contributed by atoms with E-state index in [0.29, 0.717) is 25.0 Å². The molecule has 9 heteroatoms. The standard InChI is InChI=1S/C22H40N4O2S.C18H38O.C12H26O/c27-20-11-7-3-1-5-9-17-26(18-10-6-2-4-8-12-21-28)19-13-14-25-29-22-23-15-16-24-22;1-4-6-8-10-12-14-16-18(19-3)17-15-13-11-9-7-5-2;1-4-6-7-8-9-10-11-12(5-2)13-3/h15-16,20-21,25H,1-14,17-19H2,(H,23,24);18H,4-17H2,1-3H3;12H,4-11H2,1-3H3. The Kier molecular flexibility index (Phi) is 55.6. The molecule has 61 heavy (non-hydrogen) atoms. The largest absolute Gasteiger partial charge is 0.381 e. The molecule has 0 aliphatic heterocycles. The number of nitrogens with zero attached hydrogens (tertiary/aromatic N) is 2. The Labute approximate surface area is 384 Å². The first-order valence-electron chi connectivity index (χ1n) is 26.1. The molecule has 1 unspecified atom stereocenters. The van der Waals surface area contributed by atoms with E-state index in [4.69, 9.17) is 9.47 Å². The predicted molar refractivity (Wildman–Crippen MR) is 267 cm³/mol. The van der Waals surface area contributed by atoms with Gasteiger partial charge in [0.1, 0.15) is 12.6 Å². The summed E-state index contributed by atoms with van der Waals surface area (Å²) in [5.41, 5.74) is 0. The van der Waals surface area contributed by atoms with Crippen LogP contribution in [0, 0.1) is 0 Å². The monoisotopic (exact) mass is 881 g/mol.